The molecule has 0 bridgehead atoms. The topological polar surface area (TPSA) is 0 Å². The number of rotatable bonds is 5. The van der Waals surface area contributed by atoms with Gasteiger partial charge in [-0.25, -0.2) is 8.78 Å². The van der Waals surface area contributed by atoms with Crippen LogP contribution in [-0.2, 0) is 12.1 Å². The quantitative estimate of drug-likeness (QED) is 0.584. The molecule has 0 aliphatic carbocycles. The number of hydrogen-bond acceptors (Lipinski definition) is 0. The third kappa shape index (κ3) is 3.83. The van der Waals surface area contributed by atoms with Gasteiger partial charge in [0.2, 0.25) is 0 Å². The van der Waals surface area contributed by atoms with Crippen LogP contribution >= 0.6 is 11.6 Å². The van der Waals surface area contributed by atoms with Crippen LogP contribution in [0.5, 0.6) is 0 Å². The first-order chi connectivity index (χ1) is 10.8. The first kappa shape index (κ1) is 17.7. The summed E-state index contributed by atoms with van der Waals surface area (Å²) in [5.74, 6) is -2.64. The Hall–Kier alpha value is -1.62. The number of hydrogen-bond donors (Lipinski definition) is 0. The van der Waals surface area contributed by atoms with Crippen molar-refractivity contribution in [1.29, 1.82) is 0 Å². The van der Waals surface area contributed by atoms with Crippen molar-refractivity contribution in [2.24, 2.45) is 5.92 Å². The van der Waals surface area contributed by atoms with Gasteiger partial charge in [-0.3, -0.25) is 0 Å². The smallest absolute Gasteiger partial charge is 0.233 e. The molecule has 6 heteroatoms. The van der Waals surface area contributed by atoms with E-state index < -0.39 is 35.4 Å². The Morgan fingerprint density at radius 2 is 1.35 bits per heavy atom. The van der Waals surface area contributed by atoms with Gasteiger partial charge in [-0.2, -0.15) is 13.2 Å². The van der Waals surface area contributed by atoms with Gasteiger partial charge in [0.25, 0.3) is 5.63 Å². The molecule has 123 valence electrons. The second-order valence-corrected chi connectivity index (χ2v) is 5.45. The molecule has 0 nitrogen and oxygen atoms in total. The van der Waals surface area contributed by atoms with Gasteiger partial charge in [0.15, 0.2) is 5.67 Å². The van der Waals surface area contributed by atoms with E-state index in [1.165, 1.54) is 42.5 Å². The predicted molar refractivity (Wildman–Crippen MR) is 79.1 cm³/mol. The normalized spacial score (nSPS) is 16.1. The van der Waals surface area contributed by atoms with Crippen LogP contribution in [0.1, 0.15) is 11.1 Å². The Morgan fingerprint density at radius 3 is 1.78 bits per heavy atom. The summed E-state index contributed by atoms with van der Waals surface area (Å²) in [7, 11) is 0. The fourth-order valence-electron chi connectivity index (χ4n) is 2.45. The summed E-state index contributed by atoms with van der Waals surface area (Å²) in [5.41, 5.74) is -5.62. The van der Waals surface area contributed by atoms with Crippen LogP contribution in [0.3, 0.4) is 0 Å². The third-order valence-corrected chi connectivity index (χ3v) is 3.90. The summed E-state index contributed by atoms with van der Waals surface area (Å²) in [6, 6.07) is 13.9. The maximum absolute atomic E-state index is 15.2. The molecule has 2 rings (SSSR count). The molecule has 2 aromatic carbocycles. The van der Waals surface area contributed by atoms with Gasteiger partial charge in [-0.15, -0.1) is 0 Å². The molecule has 0 fully saturated rings. The minimum absolute atomic E-state index is 0.241. The summed E-state index contributed by atoms with van der Waals surface area (Å²) in [6.07, 6.45) is -5.71. The fraction of sp³-hybridized carbons (Fsp3) is 0.235. The van der Waals surface area contributed by atoms with Crippen LogP contribution in [0.4, 0.5) is 22.0 Å². The Balaban J connectivity index is 2.50. The van der Waals surface area contributed by atoms with E-state index in [4.69, 9.17) is 11.6 Å². The van der Waals surface area contributed by atoms with E-state index in [1.54, 1.807) is 6.07 Å². The SMILES string of the molecule is F[C](Cl)C(F)(c1ccccc1)C(Cc1ccccc1)C(F)(F)F. The van der Waals surface area contributed by atoms with Gasteiger partial charge >= 0.3 is 6.18 Å². The van der Waals surface area contributed by atoms with Gasteiger partial charge < -0.3 is 0 Å². The molecule has 0 aromatic heterocycles. The van der Waals surface area contributed by atoms with Crippen LogP contribution in [0.25, 0.3) is 0 Å². The van der Waals surface area contributed by atoms with Crippen molar-refractivity contribution in [3.8, 4) is 0 Å². The molecule has 1 radical (unpaired) electrons. The Morgan fingerprint density at radius 1 is 0.870 bits per heavy atom. The Labute approximate surface area is 135 Å². The summed E-state index contributed by atoms with van der Waals surface area (Å²) in [4.78, 5) is 0. The van der Waals surface area contributed by atoms with Crippen molar-refractivity contribution in [1.82, 2.24) is 0 Å². The van der Waals surface area contributed by atoms with E-state index in [1.807, 2.05) is 0 Å². The van der Waals surface area contributed by atoms with E-state index in [2.05, 4.69) is 0 Å². The zero-order valence-corrected chi connectivity index (χ0v) is 12.6. The highest BCUT2D eigenvalue weighted by atomic mass is 35.5. The molecule has 2 atom stereocenters. The summed E-state index contributed by atoms with van der Waals surface area (Å²) < 4.78 is 69.4. The van der Waals surface area contributed by atoms with Gasteiger partial charge in [-0.1, -0.05) is 72.3 Å². The lowest BCUT2D eigenvalue weighted by atomic mass is 9.79. The van der Waals surface area contributed by atoms with Gasteiger partial charge in [0.05, 0.1) is 0 Å². The molecule has 0 aliphatic rings. The van der Waals surface area contributed by atoms with Gasteiger partial charge in [0, 0.05) is 0 Å². The second kappa shape index (κ2) is 6.87. The molecule has 0 amide bonds. The highest BCUT2D eigenvalue weighted by Crippen LogP contribution is 2.52. The fourth-order valence-corrected chi connectivity index (χ4v) is 2.70. The maximum atomic E-state index is 15.2. The minimum atomic E-state index is -4.98. The first-order valence-electron chi connectivity index (χ1n) is 6.79. The van der Waals surface area contributed by atoms with E-state index in [0.717, 1.165) is 12.1 Å². The zero-order chi connectivity index (χ0) is 17.1. The Kier molecular flexibility index (Phi) is 5.30. The summed E-state index contributed by atoms with van der Waals surface area (Å²) in [6.45, 7) is 0. The predicted octanol–water partition coefficient (Wildman–Crippen LogP) is 5.97. The maximum Gasteiger partial charge on any atom is 0.395 e. The average Bonchev–Trinajstić information content (AvgIpc) is 2.52. The van der Waals surface area contributed by atoms with E-state index in [9.17, 15) is 17.6 Å². The molecule has 0 saturated carbocycles. The van der Waals surface area contributed by atoms with Crippen molar-refractivity contribution in [3.63, 3.8) is 0 Å². The van der Waals surface area contributed by atoms with Crippen molar-refractivity contribution in [2.75, 3.05) is 0 Å². The third-order valence-electron chi connectivity index (χ3n) is 3.63. The van der Waals surface area contributed by atoms with Crippen molar-refractivity contribution in [3.05, 3.63) is 77.4 Å². The molecule has 0 spiro atoms. The second-order valence-electron chi connectivity index (χ2n) is 5.12. The molecule has 2 unspecified atom stereocenters. The average molecular weight is 348 g/mol. The number of alkyl halides is 4. The zero-order valence-electron chi connectivity index (χ0n) is 11.8. The molecule has 0 saturated heterocycles. The van der Waals surface area contributed by atoms with Crippen molar-refractivity contribution < 1.29 is 22.0 Å². The molecule has 23 heavy (non-hydrogen) atoms. The monoisotopic (exact) mass is 347 g/mol. The molecule has 0 heterocycles. The summed E-state index contributed by atoms with van der Waals surface area (Å²) >= 11 is 5.16. The van der Waals surface area contributed by atoms with Crippen LogP contribution in [0, 0.1) is 11.5 Å². The number of halogens is 6. The van der Waals surface area contributed by atoms with Crippen LogP contribution in [0.2, 0.25) is 0 Å². The van der Waals surface area contributed by atoms with E-state index in [0.29, 0.717) is 0 Å². The van der Waals surface area contributed by atoms with Crippen LogP contribution in [-0.4, -0.2) is 6.18 Å². The first-order valence-corrected chi connectivity index (χ1v) is 7.17. The lowest BCUT2D eigenvalue weighted by Gasteiger charge is -2.35. The standard InChI is InChI=1S/C17H13ClF5/c18-15(19)16(20,13-9-5-2-6-10-13)14(17(21,22)23)11-12-7-3-1-4-8-12/h1-10,14H,11H2. The summed E-state index contributed by atoms with van der Waals surface area (Å²) in [5, 5.41) is 0. The van der Waals surface area contributed by atoms with E-state index in [-0.39, 0.29) is 5.56 Å². The van der Waals surface area contributed by atoms with Crippen LogP contribution in [0.15, 0.2) is 60.7 Å². The highest BCUT2D eigenvalue weighted by Gasteiger charge is 2.60. The van der Waals surface area contributed by atoms with Crippen molar-refractivity contribution in [2.45, 2.75) is 18.3 Å². The van der Waals surface area contributed by atoms with Crippen LogP contribution < -0.4 is 0 Å². The lowest BCUT2D eigenvalue weighted by Crippen LogP contribution is -2.43. The largest absolute Gasteiger partial charge is 0.395 e. The molecule has 2 aromatic rings. The highest BCUT2D eigenvalue weighted by molar-refractivity contribution is 6.26. The Bertz CT molecular complexity index is 612. The van der Waals surface area contributed by atoms with Crippen molar-refractivity contribution >= 4 is 11.6 Å². The van der Waals surface area contributed by atoms with Gasteiger partial charge in [0.1, 0.15) is 5.92 Å². The van der Waals surface area contributed by atoms with E-state index >= 15 is 4.39 Å². The molecule has 0 N–H and O–H groups in total. The molecular weight excluding hydrogens is 335 g/mol. The number of benzene rings is 2. The lowest BCUT2D eigenvalue weighted by molar-refractivity contribution is -0.212. The molecular formula is C17H13ClF5. The molecule has 0 aliphatic heterocycles. The minimum Gasteiger partial charge on any atom is -0.233 e. The van der Waals surface area contributed by atoms with Gasteiger partial charge in [-0.05, 0) is 17.5 Å².